The Balaban J connectivity index is 1.94. The number of nitrogens with zero attached hydrogens (tertiary/aromatic N) is 2. The molecule has 0 aromatic carbocycles. The van der Waals surface area contributed by atoms with Gasteiger partial charge < -0.3 is 15.0 Å². The first-order chi connectivity index (χ1) is 9.39. The van der Waals surface area contributed by atoms with Crippen molar-refractivity contribution in [2.45, 2.75) is 65.5 Å². The molecule has 20 heavy (non-hydrogen) atoms. The van der Waals surface area contributed by atoms with E-state index in [9.17, 15) is 0 Å². The third-order valence-electron chi connectivity index (χ3n) is 3.45. The molecule has 0 saturated heterocycles. The van der Waals surface area contributed by atoms with Gasteiger partial charge in [0.2, 0.25) is 11.7 Å². The zero-order valence-electron chi connectivity index (χ0n) is 13.1. The maximum absolute atomic E-state index is 6.15. The molecular formula is C15H27N3O2. The van der Waals surface area contributed by atoms with Crippen LogP contribution >= 0.6 is 0 Å². The quantitative estimate of drug-likeness (QED) is 0.831. The van der Waals surface area contributed by atoms with Crippen LogP contribution in [0, 0.1) is 11.3 Å². The number of nitrogens with two attached hydrogens (primary N) is 1. The van der Waals surface area contributed by atoms with E-state index in [1.165, 1.54) is 12.8 Å². The number of hydrogen-bond donors (Lipinski definition) is 1. The topological polar surface area (TPSA) is 74.2 Å². The highest BCUT2D eigenvalue weighted by Gasteiger charge is 2.36. The lowest BCUT2D eigenvalue weighted by Crippen LogP contribution is -2.28. The smallest absolute Gasteiger partial charge is 0.228 e. The highest BCUT2D eigenvalue weighted by molar-refractivity contribution is 4.99. The third-order valence-corrected chi connectivity index (χ3v) is 3.45. The van der Waals surface area contributed by atoms with Crippen LogP contribution in [0.4, 0.5) is 0 Å². The maximum atomic E-state index is 6.15. The Morgan fingerprint density at radius 2 is 2.10 bits per heavy atom. The lowest BCUT2D eigenvalue weighted by atomic mass is 9.87. The minimum atomic E-state index is -0.00339. The first kappa shape index (κ1) is 15.4. The van der Waals surface area contributed by atoms with E-state index in [4.69, 9.17) is 15.0 Å². The second-order valence-electron chi connectivity index (χ2n) is 6.99. The van der Waals surface area contributed by atoms with E-state index in [0.29, 0.717) is 30.7 Å². The van der Waals surface area contributed by atoms with Gasteiger partial charge in [0.15, 0.2) is 0 Å². The van der Waals surface area contributed by atoms with Gasteiger partial charge >= 0.3 is 0 Å². The van der Waals surface area contributed by atoms with Crippen LogP contribution in [0.15, 0.2) is 4.52 Å². The summed E-state index contributed by atoms with van der Waals surface area (Å²) in [5, 5.41) is 4.08. The van der Waals surface area contributed by atoms with E-state index in [1.807, 2.05) is 6.92 Å². The molecule has 1 aromatic heterocycles. The van der Waals surface area contributed by atoms with Crippen molar-refractivity contribution < 1.29 is 9.26 Å². The molecule has 2 unspecified atom stereocenters. The van der Waals surface area contributed by atoms with Crippen LogP contribution in [-0.4, -0.2) is 22.8 Å². The Morgan fingerprint density at radius 1 is 1.40 bits per heavy atom. The van der Waals surface area contributed by atoms with Crippen molar-refractivity contribution in [3.63, 3.8) is 0 Å². The summed E-state index contributed by atoms with van der Waals surface area (Å²) in [5.74, 6) is 1.87. The standard InChI is InChI=1S/C15H27N3O2/c1-5-19-13(10-6-7-10)14-17-12(20-18-14)8-11(16)9-15(2,3)4/h10-11,13H,5-9,16H2,1-4H3. The summed E-state index contributed by atoms with van der Waals surface area (Å²) in [5.41, 5.74) is 6.36. The van der Waals surface area contributed by atoms with E-state index < -0.39 is 0 Å². The lowest BCUT2D eigenvalue weighted by Gasteiger charge is -2.21. The number of hydrogen-bond acceptors (Lipinski definition) is 5. The zero-order chi connectivity index (χ0) is 14.8. The molecule has 0 aliphatic heterocycles. The zero-order valence-corrected chi connectivity index (χ0v) is 13.1. The molecule has 1 heterocycles. The Bertz CT molecular complexity index is 421. The highest BCUT2D eigenvalue weighted by Crippen LogP contribution is 2.42. The summed E-state index contributed by atoms with van der Waals surface area (Å²) in [6.45, 7) is 9.23. The van der Waals surface area contributed by atoms with Crippen LogP contribution in [0.1, 0.15) is 64.8 Å². The second kappa shape index (κ2) is 6.22. The predicted molar refractivity (Wildman–Crippen MR) is 77.1 cm³/mol. The van der Waals surface area contributed by atoms with E-state index in [1.54, 1.807) is 0 Å². The molecule has 0 spiro atoms. The van der Waals surface area contributed by atoms with Gasteiger partial charge in [-0.1, -0.05) is 25.9 Å². The monoisotopic (exact) mass is 281 g/mol. The summed E-state index contributed by atoms with van der Waals surface area (Å²) in [7, 11) is 0. The van der Waals surface area contributed by atoms with Gasteiger partial charge in [-0.15, -0.1) is 0 Å². The van der Waals surface area contributed by atoms with Crippen LogP contribution in [0.5, 0.6) is 0 Å². The minimum Gasteiger partial charge on any atom is -0.370 e. The molecule has 1 aromatic rings. The van der Waals surface area contributed by atoms with E-state index in [0.717, 1.165) is 6.42 Å². The Morgan fingerprint density at radius 3 is 2.65 bits per heavy atom. The van der Waals surface area contributed by atoms with Crippen molar-refractivity contribution in [2.75, 3.05) is 6.61 Å². The van der Waals surface area contributed by atoms with Crippen LogP contribution < -0.4 is 5.73 Å². The average Bonchev–Trinajstić information content (AvgIpc) is 3.04. The number of ether oxygens (including phenoxy) is 1. The van der Waals surface area contributed by atoms with Gasteiger partial charge in [0.25, 0.3) is 0 Å². The van der Waals surface area contributed by atoms with Crippen molar-refractivity contribution in [1.29, 1.82) is 0 Å². The average molecular weight is 281 g/mol. The molecule has 5 nitrogen and oxygen atoms in total. The van der Waals surface area contributed by atoms with Gasteiger partial charge in [-0.2, -0.15) is 4.98 Å². The van der Waals surface area contributed by atoms with Gasteiger partial charge in [-0.3, -0.25) is 0 Å². The second-order valence-corrected chi connectivity index (χ2v) is 6.99. The molecule has 0 amide bonds. The first-order valence-corrected chi connectivity index (χ1v) is 7.58. The molecule has 2 atom stereocenters. The molecule has 1 aliphatic rings. The van der Waals surface area contributed by atoms with Crippen molar-refractivity contribution in [3.8, 4) is 0 Å². The fourth-order valence-corrected chi connectivity index (χ4v) is 2.55. The van der Waals surface area contributed by atoms with Crippen molar-refractivity contribution in [1.82, 2.24) is 10.1 Å². The molecule has 5 heteroatoms. The van der Waals surface area contributed by atoms with Gasteiger partial charge in [-0.05, 0) is 37.5 Å². The summed E-state index contributed by atoms with van der Waals surface area (Å²) < 4.78 is 11.1. The lowest BCUT2D eigenvalue weighted by molar-refractivity contribution is 0.0384. The molecule has 1 saturated carbocycles. The fourth-order valence-electron chi connectivity index (χ4n) is 2.55. The Labute approximate surface area is 121 Å². The van der Waals surface area contributed by atoms with Crippen LogP contribution in [-0.2, 0) is 11.2 Å². The van der Waals surface area contributed by atoms with Crippen molar-refractivity contribution >= 4 is 0 Å². The van der Waals surface area contributed by atoms with Crippen LogP contribution in [0.2, 0.25) is 0 Å². The van der Waals surface area contributed by atoms with Crippen LogP contribution in [0.25, 0.3) is 0 Å². The normalized spacial score (nSPS) is 19.1. The van der Waals surface area contributed by atoms with Gasteiger partial charge in [-0.25, -0.2) is 0 Å². The van der Waals surface area contributed by atoms with Gasteiger partial charge in [0.1, 0.15) is 6.10 Å². The Kier molecular flexibility index (Phi) is 4.81. The number of rotatable bonds is 7. The van der Waals surface area contributed by atoms with E-state index in [2.05, 4.69) is 30.9 Å². The molecule has 2 rings (SSSR count). The van der Waals surface area contributed by atoms with Crippen LogP contribution in [0.3, 0.4) is 0 Å². The van der Waals surface area contributed by atoms with Crippen molar-refractivity contribution in [3.05, 3.63) is 11.7 Å². The fraction of sp³-hybridized carbons (Fsp3) is 0.867. The summed E-state index contributed by atoms with van der Waals surface area (Å²) in [6.07, 6.45) is 3.95. The largest absolute Gasteiger partial charge is 0.370 e. The summed E-state index contributed by atoms with van der Waals surface area (Å²) in [4.78, 5) is 4.48. The molecule has 0 radical (unpaired) electrons. The Hall–Kier alpha value is -0.940. The SMILES string of the molecule is CCOC(c1noc(CC(N)CC(C)(C)C)n1)C1CC1. The molecular weight excluding hydrogens is 254 g/mol. The summed E-state index contributed by atoms with van der Waals surface area (Å²) in [6, 6.07) is 0.0507. The predicted octanol–water partition coefficient (Wildman–Crippen LogP) is 2.86. The highest BCUT2D eigenvalue weighted by atomic mass is 16.5. The first-order valence-electron chi connectivity index (χ1n) is 7.58. The molecule has 2 N–H and O–H groups in total. The number of aromatic nitrogens is 2. The third kappa shape index (κ3) is 4.56. The molecule has 114 valence electrons. The molecule has 1 fully saturated rings. The molecule has 1 aliphatic carbocycles. The molecule has 0 bridgehead atoms. The van der Waals surface area contributed by atoms with E-state index >= 15 is 0 Å². The minimum absolute atomic E-state index is 0.00339. The van der Waals surface area contributed by atoms with Crippen molar-refractivity contribution in [2.24, 2.45) is 17.1 Å². The van der Waals surface area contributed by atoms with Gasteiger partial charge in [0.05, 0.1) is 0 Å². The van der Waals surface area contributed by atoms with Gasteiger partial charge in [0, 0.05) is 19.1 Å². The summed E-state index contributed by atoms with van der Waals surface area (Å²) >= 11 is 0. The maximum Gasteiger partial charge on any atom is 0.228 e. The van der Waals surface area contributed by atoms with E-state index in [-0.39, 0.29) is 17.6 Å².